The predicted molar refractivity (Wildman–Crippen MR) is 86.2 cm³/mol. The summed E-state index contributed by atoms with van der Waals surface area (Å²) in [6.07, 6.45) is 4.07. The van der Waals surface area contributed by atoms with E-state index in [9.17, 15) is 0 Å². The van der Waals surface area contributed by atoms with E-state index in [1.165, 1.54) is 39.8 Å². The molecule has 1 fully saturated rings. The predicted octanol–water partition coefficient (Wildman–Crippen LogP) is 4.33. The molecule has 2 aromatic rings. The summed E-state index contributed by atoms with van der Waals surface area (Å²) in [6, 6.07) is 8.68. The van der Waals surface area contributed by atoms with Gasteiger partial charge in [0.2, 0.25) is 0 Å². The number of benzene rings is 1. The summed E-state index contributed by atoms with van der Waals surface area (Å²) < 4.78 is 7.31. The summed E-state index contributed by atoms with van der Waals surface area (Å²) in [5.41, 5.74) is 1.39. The zero-order chi connectivity index (χ0) is 13.8. The molecule has 1 aromatic heterocycles. The van der Waals surface area contributed by atoms with Crippen molar-refractivity contribution in [3.63, 3.8) is 0 Å². The Balaban J connectivity index is 1.70. The van der Waals surface area contributed by atoms with Crippen molar-refractivity contribution in [3.05, 3.63) is 34.7 Å². The molecule has 0 atom stereocenters. The maximum absolute atomic E-state index is 5.94. The average Bonchev–Trinajstić information content (AvgIpc) is 3.23. The van der Waals surface area contributed by atoms with Crippen LogP contribution in [-0.4, -0.2) is 13.2 Å². The van der Waals surface area contributed by atoms with Crippen LogP contribution in [0.5, 0.6) is 0 Å². The molecule has 3 rings (SSSR count). The van der Waals surface area contributed by atoms with Gasteiger partial charge in [-0.2, -0.15) is 0 Å². The van der Waals surface area contributed by atoms with E-state index in [0.717, 1.165) is 32.2 Å². The minimum absolute atomic E-state index is 0.761. The third kappa shape index (κ3) is 3.40. The number of fused-ring (bicyclic) bond motifs is 1. The SMILES string of the molecule is CCNCc1sc2ccccc2c1COCCC1CC1. The Labute approximate surface area is 125 Å². The summed E-state index contributed by atoms with van der Waals surface area (Å²) in [6.45, 7) is 5.79. The highest BCUT2D eigenvalue weighted by molar-refractivity contribution is 7.19. The van der Waals surface area contributed by atoms with Gasteiger partial charge in [-0.05, 0) is 30.3 Å². The van der Waals surface area contributed by atoms with Crippen molar-refractivity contribution in [2.75, 3.05) is 13.2 Å². The fourth-order valence-corrected chi connectivity index (χ4v) is 3.70. The van der Waals surface area contributed by atoms with Crippen LogP contribution in [0.15, 0.2) is 24.3 Å². The molecule has 2 nitrogen and oxygen atoms in total. The highest BCUT2D eigenvalue weighted by atomic mass is 32.1. The molecular formula is C17H23NOS. The van der Waals surface area contributed by atoms with Crippen LogP contribution >= 0.6 is 11.3 Å². The highest BCUT2D eigenvalue weighted by Gasteiger charge is 2.20. The van der Waals surface area contributed by atoms with Crippen LogP contribution in [0.1, 0.15) is 36.6 Å². The van der Waals surface area contributed by atoms with Crippen molar-refractivity contribution in [1.29, 1.82) is 0 Å². The van der Waals surface area contributed by atoms with Crippen LogP contribution in [0.2, 0.25) is 0 Å². The lowest BCUT2D eigenvalue weighted by molar-refractivity contribution is 0.115. The summed E-state index contributed by atoms with van der Waals surface area (Å²) in [4.78, 5) is 1.43. The van der Waals surface area contributed by atoms with Crippen LogP contribution < -0.4 is 5.32 Å². The standard InChI is InChI=1S/C17H23NOS/c1-2-18-11-17-15(12-19-10-9-13-7-8-13)14-5-3-4-6-16(14)20-17/h3-6,13,18H,2,7-12H2,1H3. The van der Waals surface area contributed by atoms with E-state index >= 15 is 0 Å². The molecule has 1 heterocycles. The van der Waals surface area contributed by atoms with Crippen molar-refractivity contribution in [2.24, 2.45) is 5.92 Å². The van der Waals surface area contributed by atoms with Crippen LogP contribution in [-0.2, 0) is 17.9 Å². The first kappa shape index (κ1) is 14.1. The molecule has 0 bridgehead atoms. The van der Waals surface area contributed by atoms with Gasteiger partial charge in [0.15, 0.2) is 0 Å². The van der Waals surface area contributed by atoms with Crippen LogP contribution in [0, 0.1) is 5.92 Å². The van der Waals surface area contributed by atoms with Crippen molar-refractivity contribution >= 4 is 21.4 Å². The number of nitrogens with one attached hydrogen (secondary N) is 1. The Hall–Kier alpha value is -0.900. The largest absolute Gasteiger partial charge is 0.377 e. The zero-order valence-electron chi connectivity index (χ0n) is 12.2. The number of hydrogen-bond acceptors (Lipinski definition) is 3. The number of ether oxygens (including phenoxy) is 1. The van der Waals surface area contributed by atoms with Gasteiger partial charge in [0.05, 0.1) is 6.61 Å². The topological polar surface area (TPSA) is 21.3 Å². The smallest absolute Gasteiger partial charge is 0.0734 e. The molecule has 0 saturated heterocycles. The Kier molecular flexibility index (Phi) is 4.71. The van der Waals surface area contributed by atoms with Crippen molar-refractivity contribution in [1.82, 2.24) is 5.32 Å². The van der Waals surface area contributed by atoms with Gasteiger partial charge in [-0.15, -0.1) is 11.3 Å². The van der Waals surface area contributed by atoms with Gasteiger partial charge in [0.1, 0.15) is 0 Å². The Morgan fingerprint density at radius 3 is 2.95 bits per heavy atom. The van der Waals surface area contributed by atoms with Crippen LogP contribution in [0.3, 0.4) is 0 Å². The lowest BCUT2D eigenvalue weighted by Gasteiger charge is -2.07. The Bertz CT molecular complexity index is 559. The first-order chi connectivity index (χ1) is 9.88. The van der Waals surface area contributed by atoms with E-state index in [1.807, 2.05) is 11.3 Å². The van der Waals surface area contributed by atoms with E-state index in [2.05, 4.69) is 36.5 Å². The molecule has 1 aromatic carbocycles. The lowest BCUT2D eigenvalue weighted by atomic mass is 10.1. The molecule has 108 valence electrons. The Morgan fingerprint density at radius 1 is 1.30 bits per heavy atom. The van der Waals surface area contributed by atoms with Gasteiger partial charge in [0, 0.05) is 28.3 Å². The molecule has 1 N–H and O–H groups in total. The maximum atomic E-state index is 5.94. The molecule has 1 saturated carbocycles. The lowest BCUT2D eigenvalue weighted by Crippen LogP contribution is -2.12. The molecule has 3 heteroatoms. The molecule has 0 unspecified atom stereocenters. The van der Waals surface area contributed by atoms with Gasteiger partial charge >= 0.3 is 0 Å². The molecule has 20 heavy (non-hydrogen) atoms. The average molecular weight is 289 g/mol. The summed E-state index contributed by atoms with van der Waals surface area (Å²) in [7, 11) is 0. The molecular weight excluding hydrogens is 266 g/mol. The van der Waals surface area contributed by atoms with E-state index in [0.29, 0.717) is 0 Å². The number of thiophene rings is 1. The monoisotopic (exact) mass is 289 g/mol. The van der Waals surface area contributed by atoms with Gasteiger partial charge in [-0.25, -0.2) is 0 Å². The normalized spacial score (nSPS) is 15.1. The fraction of sp³-hybridized carbons (Fsp3) is 0.529. The second kappa shape index (κ2) is 6.70. The molecule has 0 aliphatic heterocycles. The highest BCUT2D eigenvalue weighted by Crippen LogP contribution is 2.34. The summed E-state index contributed by atoms with van der Waals surface area (Å²) >= 11 is 1.90. The fourth-order valence-electron chi connectivity index (χ4n) is 2.52. The van der Waals surface area contributed by atoms with Gasteiger partial charge in [0.25, 0.3) is 0 Å². The minimum atomic E-state index is 0.761. The van der Waals surface area contributed by atoms with Crippen LogP contribution in [0.25, 0.3) is 10.1 Å². The maximum Gasteiger partial charge on any atom is 0.0734 e. The molecule has 0 amide bonds. The van der Waals surface area contributed by atoms with Gasteiger partial charge in [-0.3, -0.25) is 0 Å². The third-order valence-corrected chi connectivity index (χ3v) is 5.14. The first-order valence-electron chi connectivity index (χ1n) is 7.66. The van der Waals surface area contributed by atoms with Crippen molar-refractivity contribution in [2.45, 2.75) is 39.3 Å². The van der Waals surface area contributed by atoms with Crippen molar-refractivity contribution in [3.8, 4) is 0 Å². The quantitative estimate of drug-likeness (QED) is 0.730. The van der Waals surface area contributed by atoms with E-state index in [1.54, 1.807) is 0 Å². The second-order valence-electron chi connectivity index (χ2n) is 5.56. The zero-order valence-corrected chi connectivity index (χ0v) is 13.0. The second-order valence-corrected chi connectivity index (χ2v) is 6.70. The molecule has 0 spiro atoms. The van der Waals surface area contributed by atoms with E-state index < -0.39 is 0 Å². The van der Waals surface area contributed by atoms with Gasteiger partial charge < -0.3 is 10.1 Å². The van der Waals surface area contributed by atoms with Crippen LogP contribution in [0.4, 0.5) is 0 Å². The number of hydrogen-bond donors (Lipinski definition) is 1. The summed E-state index contributed by atoms with van der Waals surface area (Å²) in [5.74, 6) is 0.954. The number of rotatable bonds is 8. The molecule has 0 radical (unpaired) electrons. The van der Waals surface area contributed by atoms with Gasteiger partial charge in [-0.1, -0.05) is 38.0 Å². The summed E-state index contributed by atoms with van der Waals surface area (Å²) in [5, 5.41) is 4.81. The van der Waals surface area contributed by atoms with E-state index in [4.69, 9.17) is 4.74 Å². The van der Waals surface area contributed by atoms with Crippen molar-refractivity contribution < 1.29 is 4.74 Å². The third-order valence-electron chi connectivity index (χ3n) is 3.93. The molecule has 1 aliphatic carbocycles. The first-order valence-corrected chi connectivity index (χ1v) is 8.48. The van der Waals surface area contributed by atoms with E-state index in [-0.39, 0.29) is 0 Å². The molecule has 1 aliphatic rings. The minimum Gasteiger partial charge on any atom is -0.377 e. The Morgan fingerprint density at radius 2 is 2.15 bits per heavy atom.